The zero-order chi connectivity index (χ0) is 28.5. The summed E-state index contributed by atoms with van der Waals surface area (Å²) in [6.07, 6.45) is -1.70. The second-order valence-corrected chi connectivity index (χ2v) is 10.8. The Morgan fingerprint density at radius 1 is 0.974 bits per heavy atom. The van der Waals surface area contributed by atoms with Crippen LogP contribution in [0.3, 0.4) is 0 Å². The van der Waals surface area contributed by atoms with Gasteiger partial charge in [0, 0.05) is 25.0 Å². The number of halogens is 2. The standard InChI is InChI=1S/C26H31F2N7O4/c1-25(2,3)38-22-17(12-30-24(31-22)39-26(4,5)6)18-11-16-21(33-32-18)35(7)34-23(16)37-19(20(27)28)14-8-9-29-15(10-14)13-36/h8-12,19-20,36H,13H2,1-7H3/t19-/m1/s1. The molecule has 0 aliphatic heterocycles. The van der Waals surface area contributed by atoms with Crippen LogP contribution in [0.15, 0.2) is 30.6 Å². The molecular formula is C26H31F2N7O4. The molecule has 0 aromatic carbocycles. The first kappa shape index (κ1) is 28.0. The summed E-state index contributed by atoms with van der Waals surface area (Å²) >= 11 is 0. The Morgan fingerprint density at radius 2 is 1.69 bits per heavy atom. The normalized spacial score (nSPS) is 13.1. The molecule has 4 aromatic rings. The number of aryl methyl sites for hydroxylation is 1. The summed E-state index contributed by atoms with van der Waals surface area (Å²) in [6, 6.07) is 4.50. The molecule has 208 valence electrons. The molecule has 4 aromatic heterocycles. The summed E-state index contributed by atoms with van der Waals surface area (Å²) in [5.41, 5.74) is 0.309. The van der Waals surface area contributed by atoms with Crippen molar-refractivity contribution in [2.75, 3.05) is 0 Å². The number of aliphatic hydroxyl groups excluding tert-OH is 1. The van der Waals surface area contributed by atoms with Crippen molar-refractivity contribution in [1.29, 1.82) is 0 Å². The highest BCUT2D eigenvalue weighted by atomic mass is 19.3. The molecule has 11 nitrogen and oxygen atoms in total. The molecule has 4 heterocycles. The van der Waals surface area contributed by atoms with Gasteiger partial charge in [-0.15, -0.1) is 15.3 Å². The molecule has 0 fully saturated rings. The van der Waals surface area contributed by atoms with E-state index in [2.05, 4.69) is 30.2 Å². The zero-order valence-corrected chi connectivity index (χ0v) is 22.8. The number of ether oxygens (including phenoxy) is 3. The van der Waals surface area contributed by atoms with Gasteiger partial charge in [0.25, 0.3) is 6.43 Å². The third-order valence-electron chi connectivity index (χ3n) is 5.16. The van der Waals surface area contributed by atoms with Crippen molar-refractivity contribution in [3.8, 4) is 29.0 Å². The summed E-state index contributed by atoms with van der Waals surface area (Å²) in [6.45, 7) is 10.9. The maximum atomic E-state index is 14.1. The van der Waals surface area contributed by atoms with E-state index in [1.807, 2.05) is 41.5 Å². The highest BCUT2D eigenvalue weighted by Crippen LogP contribution is 2.35. The van der Waals surface area contributed by atoms with Gasteiger partial charge in [0.05, 0.1) is 23.3 Å². The van der Waals surface area contributed by atoms with Crippen LogP contribution in [-0.2, 0) is 13.7 Å². The van der Waals surface area contributed by atoms with Gasteiger partial charge in [0.15, 0.2) is 11.8 Å². The van der Waals surface area contributed by atoms with E-state index >= 15 is 0 Å². The summed E-state index contributed by atoms with van der Waals surface area (Å²) < 4.78 is 47.2. The minimum absolute atomic E-state index is 0.0665. The van der Waals surface area contributed by atoms with E-state index in [4.69, 9.17) is 14.2 Å². The molecule has 0 aliphatic carbocycles. The van der Waals surface area contributed by atoms with Gasteiger partial charge < -0.3 is 19.3 Å². The molecule has 0 amide bonds. The third-order valence-corrected chi connectivity index (χ3v) is 5.16. The summed E-state index contributed by atoms with van der Waals surface area (Å²) in [5.74, 6) is 0.152. The number of rotatable bonds is 8. The summed E-state index contributed by atoms with van der Waals surface area (Å²) in [5, 5.41) is 22.5. The van der Waals surface area contributed by atoms with Crippen LogP contribution in [0.25, 0.3) is 22.3 Å². The van der Waals surface area contributed by atoms with Crippen LogP contribution in [0.2, 0.25) is 0 Å². The molecule has 13 heteroatoms. The van der Waals surface area contributed by atoms with Crippen molar-refractivity contribution >= 4 is 11.0 Å². The average molecular weight is 544 g/mol. The Bertz CT molecular complexity index is 1470. The van der Waals surface area contributed by atoms with Crippen LogP contribution in [0.4, 0.5) is 8.78 Å². The lowest BCUT2D eigenvalue weighted by Crippen LogP contribution is -2.26. The lowest BCUT2D eigenvalue weighted by atomic mass is 10.1. The number of fused-ring (bicyclic) bond motifs is 1. The van der Waals surface area contributed by atoms with Crippen molar-refractivity contribution in [3.05, 3.63) is 41.9 Å². The monoisotopic (exact) mass is 543 g/mol. The zero-order valence-electron chi connectivity index (χ0n) is 22.8. The maximum Gasteiger partial charge on any atom is 0.320 e. The Labute approximate surface area is 224 Å². The second kappa shape index (κ2) is 10.6. The van der Waals surface area contributed by atoms with E-state index in [0.29, 0.717) is 22.3 Å². The lowest BCUT2D eigenvalue weighted by Gasteiger charge is -2.24. The molecule has 0 unspecified atom stereocenters. The molecule has 0 spiro atoms. The molecule has 1 atom stereocenters. The number of pyridine rings is 1. The van der Waals surface area contributed by atoms with Gasteiger partial charge in [-0.25, -0.2) is 18.4 Å². The van der Waals surface area contributed by atoms with E-state index in [9.17, 15) is 13.9 Å². The van der Waals surface area contributed by atoms with Crippen molar-refractivity contribution in [1.82, 2.24) is 34.9 Å². The van der Waals surface area contributed by atoms with E-state index in [-0.39, 0.29) is 29.0 Å². The molecule has 0 radical (unpaired) electrons. The average Bonchev–Trinajstić information content (AvgIpc) is 3.15. The van der Waals surface area contributed by atoms with Crippen LogP contribution in [0.1, 0.15) is 58.9 Å². The minimum Gasteiger partial charge on any atom is -0.471 e. The fourth-order valence-electron chi connectivity index (χ4n) is 3.60. The number of hydrogen-bond donors (Lipinski definition) is 1. The number of hydrogen-bond acceptors (Lipinski definition) is 10. The van der Waals surface area contributed by atoms with Gasteiger partial charge in [-0.3, -0.25) is 4.98 Å². The van der Waals surface area contributed by atoms with Crippen LogP contribution in [0, 0.1) is 0 Å². The Morgan fingerprint density at radius 3 is 2.33 bits per heavy atom. The largest absolute Gasteiger partial charge is 0.471 e. The van der Waals surface area contributed by atoms with Gasteiger partial charge in [-0.2, -0.15) is 4.98 Å². The highest BCUT2D eigenvalue weighted by molar-refractivity contribution is 5.85. The fourth-order valence-corrected chi connectivity index (χ4v) is 3.60. The Hall–Kier alpha value is -4.00. The summed E-state index contributed by atoms with van der Waals surface area (Å²) in [7, 11) is 1.60. The van der Waals surface area contributed by atoms with Crippen LogP contribution >= 0.6 is 0 Å². The van der Waals surface area contributed by atoms with Crippen molar-refractivity contribution in [2.45, 2.75) is 71.9 Å². The first-order chi connectivity index (χ1) is 18.2. The number of nitrogens with zero attached hydrogens (tertiary/aromatic N) is 7. The smallest absolute Gasteiger partial charge is 0.320 e. The van der Waals surface area contributed by atoms with Gasteiger partial charge in [-0.05, 0) is 59.7 Å². The van der Waals surface area contributed by atoms with Gasteiger partial charge in [0.1, 0.15) is 16.9 Å². The molecule has 4 rings (SSSR count). The van der Waals surface area contributed by atoms with Crippen molar-refractivity contribution < 1.29 is 28.1 Å². The van der Waals surface area contributed by atoms with E-state index in [0.717, 1.165) is 0 Å². The summed E-state index contributed by atoms with van der Waals surface area (Å²) in [4.78, 5) is 12.7. The predicted molar refractivity (Wildman–Crippen MR) is 138 cm³/mol. The lowest BCUT2D eigenvalue weighted by molar-refractivity contribution is 0.00832. The Balaban J connectivity index is 1.78. The number of aromatic nitrogens is 7. The van der Waals surface area contributed by atoms with Crippen LogP contribution in [-0.4, -0.2) is 57.7 Å². The predicted octanol–water partition coefficient (Wildman–Crippen LogP) is 4.45. The second-order valence-electron chi connectivity index (χ2n) is 10.8. The first-order valence-electron chi connectivity index (χ1n) is 12.2. The van der Waals surface area contributed by atoms with Crippen molar-refractivity contribution in [2.24, 2.45) is 7.05 Å². The molecule has 0 saturated heterocycles. The topological polar surface area (TPSA) is 130 Å². The van der Waals surface area contributed by atoms with Crippen LogP contribution < -0.4 is 14.2 Å². The molecule has 0 aliphatic rings. The SMILES string of the molecule is Cn1nc(O[C@H](c2ccnc(CO)c2)C(F)F)c2cc(-c3cnc(OC(C)(C)C)nc3OC(C)(C)C)nnc21. The van der Waals surface area contributed by atoms with Gasteiger partial charge in [-0.1, -0.05) is 0 Å². The van der Waals surface area contributed by atoms with Gasteiger partial charge in [0.2, 0.25) is 11.8 Å². The molecule has 0 bridgehead atoms. The maximum absolute atomic E-state index is 14.1. The van der Waals surface area contributed by atoms with Crippen LogP contribution in [0.5, 0.6) is 17.8 Å². The molecular weight excluding hydrogens is 512 g/mol. The minimum atomic E-state index is -2.89. The Kier molecular flexibility index (Phi) is 7.64. The highest BCUT2D eigenvalue weighted by Gasteiger charge is 2.28. The molecule has 0 saturated carbocycles. The first-order valence-corrected chi connectivity index (χ1v) is 12.2. The van der Waals surface area contributed by atoms with Crippen molar-refractivity contribution in [3.63, 3.8) is 0 Å². The van der Waals surface area contributed by atoms with Gasteiger partial charge >= 0.3 is 6.01 Å². The van der Waals surface area contributed by atoms with E-state index in [1.165, 1.54) is 29.2 Å². The quantitative estimate of drug-likeness (QED) is 0.340. The van der Waals surface area contributed by atoms with E-state index < -0.39 is 30.3 Å². The molecule has 1 N–H and O–H groups in total. The number of aliphatic hydroxyl groups is 1. The third kappa shape index (κ3) is 6.72. The molecule has 39 heavy (non-hydrogen) atoms. The fraction of sp³-hybridized carbons (Fsp3) is 0.462. The van der Waals surface area contributed by atoms with E-state index in [1.54, 1.807) is 13.1 Å². The number of alkyl halides is 2.